The molecule has 0 bridgehead atoms. The van der Waals surface area contributed by atoms with Crippen molar-refractivity contribution in [3.63, 3.8) is 0 Å². The van der Waals surface area contributed by atoms with Crippen LogP contribution >= 0.6 is 27.7 Å². The number of amides is 2. The summed E-state index contributed by atoms with van der Waals surface area (Å²) in [6, 6.07) is 11.3. The highest BCUT2D eigenvalue weighted by Crippen LogP contribution is 2.34. The first-order valence-corrected chi connectivity index (χ1v) is 9.97. The average molecular weight is 480 g/mol. The van der Waals surface area contributed by atoms with Gasteiger partial charge in [0, 0.05) is 0 Å². The molecular weight excluding hydrogens is 465 g/mol. The lowest BCUT2D eigenvalue weighted by atomic mass is 10.2. The van der Waals surface area contributed by atoms with Crippen LogP contribution in [0.25, 0.3) is 6.08 Å². The standard InChI is InChI=1S/C20H15BrFNO5S/c1-27-18(24)10-23-19(25)17(29-20(23)26)9-12-5-6-16(15(21)8-12)28-11-13-3-2-4-14(22)7-13/h2-9H,10-11H2,1H3/b17-9-. The highest BCUT2D eigenvalue weighted by Gasteiger charge is 2.36. The quantitative estimate of drug-likeness (QED) is 0.452. The van der Waals surface area contributed by atoms with Crippen molar-refractivity contribution in [1.29, 1.82) is 0 Å². The van der Waals surface area contributed by atoms with Gasteiger partial charge in [0.1, 0.15) is 24.7 Å². The van der Waals surface area contributed by atoms with Crippen molar-refractivity contribution in [2.24, 2.45) is 0 Å². The Morgan fingerprint density at radius 1 is 1.24 bits per heavy atom. The Kier molecular flexibility index (Phi) is 6.71. The SMILES string of the molecule is COC(=O)CN1C(=O)S/C(=C\c2ccc(OCc3cccc(F)c3)c(Br)c2)C1=O. The van der Waals surface area contributed by atoms with E-state index in [9.17, 15) is 18.8 Å². The third-order valence-corrected chi connectivity index (χ3v) is 5.45. The van der Waals surface area contributed by atoms with E-state index in [0.29, 0.717) is 21.3 Å². The highest BCUT2D eigenvalue weighted by molar-refractivity contribution is 9.10. The first kappa shape index (κ1) is 21.1. The van der Waals surface area contributed by atoms with E-state index in [2.05, 4.69) is 20.7 Å². The lowest BCUT2D eigenvalue weighted by Gasteiger charge is -2.10. The summed E-state index contributed by atoms with van der Waals surface area (Å²) in [6.07, 6.45) is 1.56. The number of imide groups is 1. The van der Waals surface area contributed by atoms with Gasteiger partial charge in [0.15, 0.2) is 0 Å². The summed E-state index contributed by atoms with van der Waals surface area (Å²) in [4.78, 5) is 36.7. The van der Waals surface area contributed by atoms with Gasteiger partial charge >= 0.3 is 5.97 Å². The van der Waals surface area contributed by atoms with Gasteiger partial charge < -0.3 is 9.47 Å². The maximum Gasteiger partial charge on any atom is 0.325 e. The van der Waals surface area contributed by atoms with Crippen LogP contribution in [-0.2, 0) is 20.9 Å². The molecule has 0 atom stereocenters. The van der Waals surface area contributed by atoms with Crippen LogP contribution in [0.4, 0.5) is 9.18 Å². The zero-order chi connectivity index (χ0) is 21.0. The topological polar surface area (TPSA) is 72.9 Å². The molecule has 2 amide bonds. The Balaban J connectivity index is 1.70. The number of hydrogen-bond acceptors (Lipinski definition) is 6. The number of esters is 1. The predicted octanol–water partition coefficient (Wildman–Crippen LogP) is 4.38. The van der Waals surface area contributed by atoms with E-state index >= 15 is 0 Å². The third-order valence-electron chi connectivity index (χ3n) is 3.93. The van der Waals surface area contributed by atoms with Crippen molar-refractivity contribution in [1.82, 2.24) is 4.90 Å². The number of hydrogen-bond donors (Lipinski definition) is 0. The summed E-state index contributed by atoms with van der Waals surface area (Å²) in [7, 11) is 1.19. The van der Waals surface area contributed by atoms with Crippen molar-refractivity contribution >= 4 is 50.9 Å². The van der Waals surface area contributed by atoms with E-state index in [4.69, 9.17) is 4.74 Å². The number of carbonyl (C=O) groups excluding carboxylic acids is 3. The molecule has 0 saturated carbocycles. The molecular formula is C20H15BrFNO5S. The highest BCUT2D eigenvalue weighted by atomic mass is 79.9. The fourth-order valence-corrected chi connectivity index (χ4v) is 3.84. The van der Waals surface area contributed by atoms with E-state index in [-0.39, 0.29) is 17.3 Å². The molecule has 6 nitrogen and oxygen atoms in total. The lowest BCUT2D eigenvalue weighted by Crippen LogP contribution is -2.34. The van der Waals surface area contributed by atoms with Crippen molar-refractivity contribution in [2.75, 3.05) is 13.7 Å². The second kappa shape index (κ2) is 9.23. The molecule has 150 valence electrons. The molecule has 1 heterocycles. The molecule has 2 aromatic rings. The monoisotopic (exact) mass is 479 g/mol. The van der Waals surface area contributed by atoms with Gasteiger partial charge in [-0.15, -0.1) is 0 Å². The van der Waals surface area contributed by atoms with Crippen LogP contribution in [0.2, 0.25) is 0 Å². The summed E-state index contributed by atoms with van der Waals surface area (Å²) in [5.41, 5.74) is 1.36. The Bertz CT molecular complexity index is 1010. The Morgan fingerprint density at radius 2 is 2.03 bits per heavy atom. The van der Waals surface area contributed by atoms with E-state index in [1.54, 1.807) is 36.4 Å². The first-order valence-electron chi connectivity index (χ1n) is 8.36. The van der Waals surface area contributed by atoms with E-state index in [1.165, 1.54) is 19.2 Å². The number of halogens is 2. The van der Waals surface area contributed by atoms with Crippen LogP contribution in [0.3, 0.4) is 0 Å². The van der Waals surface area contributed by atoms with Gasteiger partial charge in [-0.1, -0.05) is 18.2 Å². The Hall–Kier alpha value is -2.65. The van der Waals surface area contributed by atoms with Crippen LogP contribution < -0.4 is 4.74 Å². The number of methoxy groups -OCH3 is 1. The summed E-state index contributed by atoms with van der Waals surface area (Å²) in [5.74, 6) is -1.00. The first-order chi connectivity index (χ1) is 13.9. The minimum Gasteiger partial charge on any atom is -0.488 e. The van der Waals surface area contributed by atoms with Gasteiger partial charge in [0.2, 0.25) is 0 Å². The molecule has 29 heavy (non-hydrogen) atoms. The number of rotatable bonds is 6. The fraction of sp³-hybridized carbons (Fsp3) is 0.150. The molecule has 9 heteroatoms. The van der Waals surface area contributed by atoms with Gasteiger partial charge in [-0.3, -0.25) is 19.3 Å². The van der Waals surface area contributed by atoms with Crippen molar-refractivity contribution < 1.29 is 28.2 Å². The number of benzene rings is 2. The van der Waals surface area contributed by atoms with Crippen molar-refractivity contribution in [2.45, 2.75) is 6.61 Å². The van der Waals surface area contributed by atoms with Crippen LogP contribution in [0.15, 0.2) is 51.8 Å². The predicted molar refractivity (Wildman–Crippen MR) is 110 cm³/mol. The minimum absolute atomic E-state index is 0.197. The lowest BCUT2D eigenvalue weighted by molar-refractivity contribution is -0.143. The molecule has 0 spiro atoms. The number of ether oxygens (including phenoxy) is 2. The molecule has 1 aliphatic heterocycles. The molecule has 1 saturated heterocycles. The average Bonchev–Trinajstić information content (AvgIpc) is 2.94. The number of thioether (sulfide) groups is 1. The van der Waals surface area contributed by atoms with Gasteiger partial charge in [-0.25, -0.2) is 4.39 Å². The van der Waals surface area contributed by atoms with Gasteiger partial charge in [-0.05, 0) is 69.2 Å². The molecule has 2 aromatic carbocycles. The molecule has 1 fully saturated rings. The summed E-state index contributed by atoms with van der Waals surface area (Å²) >= 11 is 4.16. The van der Waals surface area contributed by atoms with Gasteiger partial charge in [-0.2, -0.15) is 0 Å². The van der Waals surface area contributed by atoms with Gasteiger partial charge in [0.25, 0.3) is 11.1 Å². The summed E-state index contributed by atoms with van der Waals surface area (Å²) in [6.45, 7) is -0.225. The smallest absolute Gasteiger partial charge is 0.325 e. The molecule has 0 aromatic heterocycles. The second-order valence-electron chi connectivity index (χ2n) is 5.95. The van der Waals surface area contributed by atoms with E-state index in [0.717, 1.165) is 16.7 Å². The molecule has 0 unspecified atom stereocenters. The summed E-state index contributed by atoms with van der Waals surface area (Å²) in [5, 5.41) is -0.527. The van der Waals surface area contributed by atoms with Crippen LogP contribution in [0.1, 0.15) is 11.1 Å². The zero-order valence-electron chi connectivity index (χ0n) is 15.2. The third kappa shape index (κ3) is 5.24. The fourth-order valence-electron chi connectivity index (χ4n) is 2.49. The molecule has 1 aliphatic rings. The maximum atomic E-state index is 13.2. The van der Waals surface area contributed by atoms with Crippen LogP contribution in [-0.4, -0.2) is 35.7 Å². The Labute approximate surface area is 178 Å². The van der Waals surface area contributed by atoms with Crippen LogP contribution in [0.5, 0.6) is 5.75 Å². The minimum atomic E-state index is -0.670. The molecule has 0 radical (unpaired) electrons. The van der Waals surface area contributed by atoms with Gasteiger partial charge in [0.05, 0.1) is 16.5 Å². The maximum absolute atomic E-state index is 13.2. The molecule has 0 aliphatic carbocycles. The van der Waals surface area contributed by atoms with Crippen molar-refractivity contribution in [3.8, 4) is 5.75 Å². The second-order valence-corrected chi connectivity index (χ2v) is 7.80. The van der Waals surface area contributed by atoms with E-state index in [1.807, 2.05) is 0 Å². The molecule has 3 rings (SSSR count). The molecule has 0 N–H and O–H groups in total. The largest absolute Gasteiger partial charge is 0.488 e. The van der Waals surface area contributed by atoms with E-state index < -0.39 is 23.7 Å². The zero-order valence-corrected chi connectivity index (χ0v) is 17.6. The normalized spacial score (nSPS) is 15.1. The van der Waals surface area contributed by atoms with Crippen LogP contribution in [0, 0.1) is 5.82 Å². The van der Waals surface area contributed by atoms with Crippen molar-refractivity contribution in [3.05, 3.63) is 68.8 Å². The number of nitrogens with zero attached hydrogens (tertiary/aromatic N) is 1. The number of carbonyl (C=O) groups is 3. The Morgan fingerprint density at radius 3 is 2.72 bits per heavy atom. The summed E-state index contributed by atoms with van der Waals surface area (Å²) < 4.78 is 24.1.